The molecular weight excluding hydrogens is 306 g/mol. The average Bonchev–Trinajstić information content (AvgIpc) is 3.04. The molecule has 3 rings (SSSR count). The number of rotatable bonds is 4. The molecule has 0 radical (unpaired) electrons. The van der Waals surface area contributed by atoms with E-state index in [1.165, 1.54) is 21.6 Å². The predicted molar refractivity (Wildman–Crippen MR) is 94.1 cm³/mol. The summed E-state index contributed by atoms with van der Waals surface area (Å²) in [7, 11) is 0. The Morgan fingerprint density at radius 1 is 1.30 bits per heavy atom. The molecule has 1 aromatic carbocycles. The molecule has 1 N–H and O–H groups in total. The highest BCUT2D eigenvalue weighted by atomic mass is 32.1. The molecule has 1 fully saturated rings. The van der Waals surface area contributed by atoms with E-state index in [1.54, 1.807) is 11.3 Å². The maximum Gasteiger partial charge on any atom is 0.320 e. The molecule has 2 atom stereocenters. The van der Waals surface area contributed by atoms with E-state index in [-0.39, 0.29) is 6.04 Å². The third-order valence-corrected chi connectivity index (χ3v) is 5.62. The lowest BCUT2D eigenvalue weighted by atomic mass is 9.92. The van der Waals surface area contributed by atoms with Crippen molar-refractivity contribution in [3.05, 3.63) is 57.3 Å². The minimum Gasteiger partial charge on any atom is -0.480 e. The highest BCUT2D eigenvalue weighted by Crippen LogP contribution is 2.37. The zero-order chi connectivity index (χ0) is 16.4. The molecular formula is C19H23NO2S. The standard InChI is InChI=1S/C19H23NO2S/c1-13-8-9-15(14(2)12-13)18(17-7-5-11-23-17)20-10-4-3-6-16(20)19(21)22/h5,7-9,11-12,16,18H,3-4,6,10H2,1-2H3,(H,21,22). The lowest BCUT2D eigenvalue weighted by Crippen LogP contribution is -2.46. The van der Waals surface area contributed by atoms with E-state index < -0.39 is 12.0 Å². The molecule has 2 aromatic rings. The van der Waals surface area contributed by atoms with E-state index in [9.17, 15) is 9.90 Å². The summed E-state index contributed by atoms with van der Waals surface area (Å²) in [6.07, 6.45) is 2.80. The van der Waals surface area contributed by atoms with Crippen molar-refractivity contribution in [3.63, 3.8) is 0 Å². The van der Waals surface area contributed by atoms with Crippen LogP contribution in [-0.4, -0.2) is 28.6 Å². The molecule has 1 saturated heterocycles. The van der Waals surface area contributed by atoms with Crippen LogP contribution >= 0.6 is 11.3 Å². The summed E-state index contributed by atoms with van der Waals surface area (Å²) in [6, 6.07) is 10.3. The monoisotopic (exact) mass is 329 g/mol. The molecule has 1 aromatic heterocycles. The second-order valence-electron chi connectivity index (χ2n) is 6.37. The molecule has 2 unspecified atom stereocenters. The fourth-order valence-electron chi connectivity index (χ4n) is 3.60. The normalized spacial score (nSPS) is 20.3. The van der Waals surface area contributed by atoms with E-state index >= 15 is 0 Å². The molecule has 0 aliphatic carbocycles. The van der Waals surface area contributed by atoms with Gasteiger partial charge < -0.3 is 5.11 Å². The molecule has 4 heteroatoms. The molecule has 23 heavy (non-hydrogen) atoms. The Hall–Kier alpha value is -1.65. The first kappa shape index (κ1) is 16.2. The quantitative estimate of drug-likeness (QED) is 0.904. The first-order valence-corrected chi connectivity index (χ1v) is 9.05. The number of likely N-dealkylation sites (tertiary alicyclic amines) is 1. The number of nitrogens with zero attached hydrogens (tertiary/aromatic N) is 1. The minimum absolute atomic E-state index is 0.0389. The van der Waals surface area contributed by atoms with Crippen LogP contribution in [0.3, 0.4) is 0 Å². The van der Waals surface area contributed by atoms with Crippen LogP contribution in [0.25, 0.3) is 0 Å². The zero-order valence-electron chi connectivity index (χ0n) is 13.7. The summed E-state index contributed by atoms with van der Waals surface area (Å²) >= 11 is 1.71. The van der Waals surface area contributed by atoms with Crippen LogP contribution in [0.1, 0.15) is 46.9 Å². The van der Waals surface area contributed by atoms with Crippen LogP contribution < -0.4 is 0 Å². The van der Waals surface area contributed by atoms with Gasteiger partial charge in [0.25, 0.3) is 0 Å². The number of piperidine rings is 1. The Kier molecular flexibility index (Phi) is 4.83. The fraction of sp³-hybridized carbons (Fsp3) is 0.421. The lowest BCUT2D eigenvalue weighted by molar-refractivity contribution is -0.145. The van der Waals surface area contributed by atoms with E-state index in [2.05, 4.69) is 54.5 Å². The van der Waals surface area contributed by atoms with Gasteiger partial charge in [-0.2, -0.15) is 0 Å². The van der Waals surface area contributed by atoms with Crippen LogP contribution in [0.5, 0.6) is 0 Å². The van der Waals surface area contributed by atoms with Gasteiger partial charge in [-0.25, -0.2) is 0 Å². The van der Waals surface area contributed by atoms with Gasteiger partial charge in [0.1, 0.15) is 6.04 Å². The van der Waals surface area contributed by atoms with Gasteiger partial charge in [-0.05, 0) is 55.8 Å². The highest BCUT2D eigenvalue weighted by molar-refractivity contribution is 7.10. The van der Waals surface area contributed by atoms with Gasteiger partial charge in [0.2, 0.25) is 0 Å². The molecule has 1 aliphatic rings. The summed E-state index contributed by atoms with van der Waals surface area (Å²) in [6.45, 7) is 5.06. The van der Waals surface area contributed by atoms with Crippen molar-refractivity contribution in [2.45, 2.75) is 45.2 Å². The molecule has 3 nitrogen and oxygen atoms in total. The second kappa shape index (κ2) is 6.85. The number of benzene rings is 1. The number of thiophene rings is 1. The molecule has 0 saturated carbocycles. The summed E-state index contributed by atoms with van der Waals surface area (Å²) in [5, 5.41) is 11.8. The predicted octanol–water partition coefficient (Wildman–Crippen LogP) is 4.39. The third-order valence-electron chi connectivity index (χ3n) is 4.69. The maximum atomic E-state index is 11.8. The van der Waals surface area contributed by atoms with E-state index in [1.807, 2.05) is 0 Å². The van der Waals surface area contributed by atoms with Gasteiger partial charge in [-0.3, -0.25) is 9.69 Å². The number of carboxylic acids is 1. The van der Waals surface area contributed by atoms with Crippen LogP contribution in [-0.2, 0) is 4.79 Å². The molecule has 0 bridgehead atoms. The summed E-state index contributed by atoms with van der Waals surface area (Å²) in [5.41, 5.74) is 3.70. The molecule has 1 aliphatic heterocycles. The number of aryl methyl sites for hydroxylation is 2. The van der Waals surface area contributed by atoms with Crippen LogP contribution in [0, 0.1) is 13.8 Å². The number of carbonyl (C=O) groups is 1. The smallest absolute Gasteiger partial charge is 0.320 e. The molecule has 0 spiro atoms. The Morgan fingerprint density at radius 2 is 2.13 bits per heavy atom. The lowest BCUT2D eigenvalue weighted by Gasteiger charge is -2.39. The van der Waals surface area contributed by atoms with Gasteiger partial charge in [-0.1, -0.05) is 36.2 Å². The number of hydrogen-bond donors (Lipinski definition) is 1. The van der Waals surface area contributed by atoms with Crippen LogP contribution in [0.2, 0.25) is 0 Å². The van der Waals surface area contributed by atoms with Crippen molar-refractivity contribution in [2.75, 3.05) is 6.54 Å². The van der Waals surface area contributed by atoms with Gasteiger partial charge >= 0.3 is 5.97 Å². The number of carboxylic acid groups (broad SMARTS) is 1. The minimum atomic E-state index is -0.698. The van der Waals surface area contributed by atoms with Crippen LogP contribution in [0.4, 0.5) is 0 Å². The van der Waals surface area contributed by atoms with Crippen molar-refractivity contribution < 1.29 is 9.90 Å². The topological polar surface area (TPSA) is 40.5 Å². The van der Waals surface area contributed by atoms with Crippen molar-refractivity contribution in [1.29, 1.82) is 0 Å². The summed E-state index contributed by atoms with van der Waals surface area (Å²) < 4.78 is 0. The van der Waals surface area contributed by atoms with Gasteiger partial charge in [-0.15, -0.1) is 11.3 Å². The first-order valence-electron chi connectivity index (χ1n) is 8.17. The SMILES string of the molecule is Cc1ccc(C(c2cccs2)N2CCCCC2C(=O)O)c(C)c1. The fourth-order valence-corrected chi connectivity index (χ4v) is 4.47. The first-order chi connectivity index (χ1) is 11.1. The number of hydrogen-bond acceptors (Lipinski definition) is 3. The average molecular weight is 329 g/mol. The zero-order valence-corrected chi connectivity index (χ0v) is 14.5. The Morgan fingerprint density at radius 3 is 2.78 bits per heavy atom. The van der Waals surface area contributed by atoms with Gasteiger partial charge in [0.15, 0.2) is 0 Å². The van der Waals surface area contributed by atoms with Gasteiger partial charge in [0, 0.05) is 4.88 Å². The van der Waals surface area contributed by atoms with Gasteiger partial charge in [0.05, 0.1) is 6.04 Å². The Balaban J connectivity index is 2.07. The summed E-state index contributed by atoms with van der Waals surface area (Å²) in [5.74, 6) is -0.698. The summed E-state index contributed by atoms with van der Waals surface area (Å²) in [4.78, 5) is 15.2. The van der Waals surface area contributed by atoms with Crippen LogP contribution in [0.15, 0.2) is 35.7 Å². The third kappa shape index (κ3) is 3.33. The Labute approximate surface area is 141 Å². The second-order valence-corrected chi connectivity index (χ2v) is 7.34. The number of aliphatic carboxylic acids is 1. The van der Waals surface area contributed by atoms with Crippen molar-refractivity contribution in [2.24, 2.45) is 0 Å². The van der Waals surface area contributed by atoms with Crippen molar-refractivity contribution >= 4 is 17.3 Å². The van der Waals surface area contributed by atoms with E-state index in [0.717, 1.165) is 25.8 Å². The Bertz CT molecular complexity index is 681. The maximum absolute atomic E-state index is 11.8. The molecule has 0 amide bonds. The molecule has 2 heterocycles. The largest absolute Gasteiger partial charge is 0.480 e. The highest BCUT2D eigenvalue weighted by Gasteiger charge is 2.35. The van der Waals surface area contributed by atoms with E-state index in [0.29, 0.717) is 0 Å². The van der Waals surface area contributed by atoms with E-state index in [4.69, 9.17) is 0 Å². The molecule has 122 valence electrons. The van der Waals surface area contributed by atoms with Crippen molar-refractivity contribution in [1.82, 2.24) is 4.90 Å². The van der Waals surface area contributed by atoms with Crippen molar-refractivity contribution in [3.8, 4) is 0 Å².